The maximum atomic E-state index is 9.90. The number of phenols is 1. The van der Waals surface area contributed by atoms with Gasteiger partial charge in [0.15, 0.2) is 0 Å². The topological polar surface area (TPSA) is 43.7 Å². The number of hydrogen-bond donors (Lipinski definition) is 2. The van der Waals surface area contributed by atoms with Gasteiger partial charge in [-0.3, -0.25) is 4.90 Å². The number of likely N-dealkylation sites (tertiary alicyclic amines) is 1. The van der Waals surface area contributed by atoms with E-state index >= 15 is 0 Å². The van der Waals surface area contributed by atoms with Crippen LogP contribution in [-0.2, 0) is 6.54 Å². The van der Waals surface area contributed by atoms with Crippen LogP contribution in [0.2, 0.25) is 0 Å². The Labute approximate surface area is 113 Å². The van der Waals surface area contributed by atoms with Gasteiger partial charge in [-0.05, 0) is 36.4 Å². The van der Waals surface area contributed by atoms with Crippen molar-refractivity contribution in [2.24, 2.45) is 0 Å². The number of aliphatic hydroxyl groups is 1. The molecule has 0 amide bonds. The summed E-state index contributed by atoms with van der Waals surface area (Å²) in [5, 5.41) is 21.3. The maximum absolute atomic E-state index is 9.90. The molecule has 2 aromatic carbocycles. The highest BCUT2D eigenvalue weighted by Gasteiger charge is 2.24. The van der Waals surface area contributed by atoms with E-state index in [-0.39, 0.29) is 12.6 Å². The van der Waals surface area contributed by atoms with Gasteiger partial charge < -0.3 is 10.2 Å². The fourth-order valence-electron chi connectivity index (χ4n) is 3.01. The Balaban J connectivity index is 1.95. The number of benzene rings is 2. The molecule has 1 saturated heterocycles. The molecule has 2 N–H and O–H groups in total. The second-order valence-corrected chi connectivity index (χ2v) is 5.24. The van der Waals surface area contributed by atoms with Crippen LogP contribution in [0.1, 0.15) is 18.4 Å². The van der Waals surface area contributed by atoms with Crippen LogP contribution in [0.3, 0.4) is 0 Å². The third-order valence-electron chi connectivity index (χ3n) is 4.07. The van der Waals surface area contributed by atoms with Crippen molar-refractivity contribution in [1.29, 1.82) is 0 Å². The summed E-state index contributed by atoms with van der Waals surface area (Å²) in [6, 6.07) is 12.0. The van der Waals surface area contributed by atoms with Crippen molar-refractivity contribution in [3.8, 4) is 5.75 Å². The van der Waals surface area contributed by atoms with Crippen LogP contribution in [0, 0.1) is 0 Å². The minimum atomic E-state index is 0.232. The zero-order chi connectivity index (χ0) is 13.2. The zero-order valence-electron chi connectivity index (χ0n) is 10.9. The highest BCUT2D eigenvalue weighted by Crippen LogP contribution is 2.29. The highest BCUT2D eigenvalue weighted by atomic mass is 16.3. The molecule has 3 nitrogen and oxygen atoms in total. The number of fused-ring (bicyclic) bond motifs is 1. The van der Waals surface area contributed by atoms with E-state index in [1.165, 1.54) is 5.56 Å². The third-order valence-corrected chi connectivity index (χ3v) is 4.07. The summed E-state index contributed by atoms with van der Waals surface area (Å²) >= 11 is 0. The minimum Gasteiger partial charge on any atom is -0.507 e. The SMILES string of the molecule is OC[C@H]1CCCN1Cc1ccc(O)c2ccccc12. The lowest BCUT2D eigenvalue weighted by Crippen LogP contribution is -2.31. The van der Waals surface area contributed by atoms with Crippen molar-refractivity contribution in [3.05, 3.63) is 42.0 Å². The second kappa shape index (κ2) is 5.19. The Bertz CT molecular complexity index is 582. The summed E-state index contributed by atoms with van der Waals surface area (Å²) in [6.45, 7) is 2.11. The predicted octanol–water partition coefficient (Wildman–Crippen LogP) is 2.50. The molecule has 0 aliphatic carbocycles. The molecular formula is C16H19NO2. The molecule has 1 heterocycles. The summed E-state index contributed by atoms with van der Waals surface area (Å²) in [7, 11) is 0. The van der Waals surface area contributed by atoms with Crippen molar-refractivity contribution in [1.82, 2.24) is 4.90 Å². The first-order valence-electron chi connectivity index (χ1n) is 6.84. The standard InChI is InChI=1S/C16H19NO2/c18-11-13-4-3-9-17(13)10-12-7-8-16(19)15-6-2-1-5-14(12)15/h1-2,5-8,13,18-19H,3-4,9-11H2/t13-/m1/s1. The molecule has 0 spiro atoms. The van der Waals surface area contributed by atoms with Crippen molar-refractivity contribution in [2.45, 2.75) is 25.4 Å². The van der Waals surface area contributed by atoms with Crippen molar-refractivity contribution in [2.75, 3.05) is 13.2 Å². The molecule has 1 aliphatic rings. The molecule has 3 rings (SSSR count). The van der Waals surface area contributed by atoms with E-state index in [4.69, 9.17) is 0 Å². The molecule has 1 atom stereocenters. The largest absolute Gasteiger partial charge is 0.507 e. The molecule has 19 heavy (non-hydrogen) atoms. The molecule has 1 fully saturated rings. The average molecular weight is 257 g/mol. The minimum absolute atomic E-state index is 0.232. The number of phenolic OH excluding ortho intramolecular Hbond substituents is 1. The average Bonchev–Trinajstić information content (AvgIpc) is 2.89. The Morgan fingerprint density at radius 1 is 1.11 bits per heavy atom. The lowest BCUT2D eigenvalue weighted by Gasteiger charge is -2.23. The Kier molecular flexibility index (Phi) is 3.40. The molecule has 2 aromatic rings. The summed E-state index contributed by atoms with van der Waals surface area (Å²) < 4.78 is 0. The van der Waals surface area contributed by atoms with Gasteiger partial charge in [0.2, 0.25) is 0 Å². The summed E-state index contributed by atoms with van der Waals surface area (Å²) in [5.74, 6) is 0.333. The number of rotatable bonds is 3. The van der Waals surface area contributed by atoms with E-state index in [1.54, 1.807) is 6.07 Å². The number of hydrogen-bond acceptors (Lipinski definition) is 3. The number of aromatic hydroxyl groups is 1. The summed E-state index contributed by atoms with van der Waals surface area (Å²) in [5.41, 5.74) is 1.22. The molecule has 0 aromatic heterocycles. The van der Waals surface area contributed by atoms with E-state index in [2.05, 4.69) is 11.0 Å². The van der Waals surface area contributed by atoms with Crippen LogP contribution >= 0.6 is 0 Å². The maximum Gasteiger partial charge on any atom is 0.123 e. The monoisotopic (exact) mass is 257 g/mol. The number of aliphatic hydroxyl groups excluding tert-OH is 1. The van der Waals surface area contributed by atoms with E-state index < -0.39 is 0 Å². The fraction of sp³-hybridized carbons (Fsp3) is 0.375. The van der Waals surface area contributed by atoms with Crippen molar-refractivity contribution >= 4 is 10.8 Å². The molecule has 0 unspecified atom stereocenters. The van der Waals surface area contributed by atoms with E-state index in [9.17, 15) is 10.2 Å². The molecule has 1 aliphatic heterocycles. The van der Waals surface area contributed by atoms with Crippen molar-refractivity contribution < 1.29 is 10.2 Å². The highest BCUT2D eigenvalue weighted by molar-refractivity contribution is 5.90. The molecular weight excluding hydrogens is 238 g/mol. The lowest BCUT2D eigenvalue weighted by molar-refractivity contribution is 0.154. The van der Waals surface area contributed by atoms with E-state index in [0.717, 1.165) is 36.7 Å². The van der Waals surface area contributed by atoms with Crippen LogP contribution < -0.4 is 0 Å². The van der Waals surface area contributed by atoms with Gasteiger partial charge in [0, 0.05) is 18.0 Å². The predicted molar refractivity (Wildman–Crippen MR) is 76.1 cm³/mol. The second-order valence-electron chi connectivity index (χ2n) is 5.24. The first-order valence-corrected chi connectivity index (χ1v) is 6.84. The van der Waals surface area contributed by atoms with Crippen LogP contribution in [0.25, 0.3) is 10.8 Å². The van der Waals surface area contributed by atoms with E-state index in [1.807, 2.05) is 24.3 Å². The van der Waals surface area contributed by atoms with Crippen LogP contribution in [0.5, 0.6) is 5.75 Å². The Morgan fingerprint density at radius 3 is 2.68 bits per heavy atom. The van der Waals surface area contributed by atoms with Crippen LogP contribution in [0.15, 0.2) is 36.4 Å². The summed E-state index contributed by atoms with van der Waals surface area (Å²) in [6.07, 6.45) is 2.23. The van der Waals surface area contributed by atoms with Gasteiger partial charge in [-0.25, -0.2) is 0 Å². The van der Waals surface area contributed by atoms with E-state index in [0.29, 0.717) is 5.75 Å². The smallest absolute Gasteiger partial charge is 0.123 e. The molecule has 100 valence electrons. The first-order chi connectivity index (χ1) is 9.29. The van der Waals surface area contributed by atoms with Gasteiger partial charge >= 0.3 is 0 Å². The summed E-state index contributed by atoms with van der Waals surface area (Å²) in [4.78, 5) is 2.33. The van der Waals surface area contributed by atoms with Gasteiger partial charge in [0.05, 0.1) is 6.61 Å². The quantitative estimate of drug-likeness (QED) is 0.888. The Hall–Kier alpha value is -1.58. The number of nitrogens with zero attached hydrogens (tertiary/aromatic N) is 1. The first kappa shape index (κ1) is 12.5. The molecule has 0 saturated carbocycles. The van der Waals surface area contributed by atoms with Gasteiger partial charge in [-0.15, -0.1) is 0 Å². The fourth-order valence-corrected chi connectivity index (χ4v) is 3.01. The Morgan fingerprint density at radius 2 is 1.89 bits per heavy atom. The third kappa shape index (κ3) is 2.31. The lowest BCUT2D eigenvalue weighted by atomic mass is 10.0. The van der Waals surface area contributed by atoms with Gasteiger partial charge in [-0.2, -0.15) is 0 Å². The van der Waals surface area contributed by atoms with Crippen molar-refractivity contribution in [3.63, 3.8) is 0 Å². The van der Waals surface area contributed by atoms with Gasteiger partial charge in [0.1, 0.15) is 5.75 Å². The van der Waals surface area contributed by atoms with Crippen LogP contribution in [0.4, 0.5) is 0 Å². The molecule has 3 heteroatoms. The molecule has 0 bridgehead atoms. The van der Waals surface area contributed by atoms with Gasteiger partial charge in [-0.1, -0.05) is 30.3 Å². The molecule has 0 radical (unpaired) electrons. The zero-order valence-corrected chi connectivity index (χ0v) is 10.9. The normalized spacial score (nSPS) is 20.2. The van der Waals surface area contributed by atoms with Gasteiger partial charge in [0.25, 0.3) is 0 Å². The van der Waals surface area contributed by atoms with Crippen LogP contribution in [-0.4, -0.2) is 34.3 Å².